The molecule has 2 aromatic heterocycles. The van der Waals surface area contributed by atoms with E-state index in [1.54, 1.807) is 25.3 Å². The maximum atomic E-state index is 9.04. The number of nitriles is 1. The first-order chi connectivity index (χ1) is 14.6. The average molecular weight is 402 g/mol. The summed E-state index contributed by atoms with van der Waals surface area (Å²) in [4.78, 5) is 6.07. The van der Waals surface area contributed by atoms with Gasteiger partial charge < -0.3 is 19.3 Å². The quantitative estimate of drug-likeness (QED) is 0.648. The maximum absolute atomic E-state index is 9.04. The third kappa shape index (κ3) is 3.98. The zero-order chi connectivity index (χ0) is 21.0. The van der Waals surface area contributed by atoms with Gasteiger partial charge >= 0.3 is 0 Å². The van der Waals surface area contributed by atoms with Crippen LogP contribution in [0.1, 0.15) is 23.4 Å². The highest BCUT2D eigenvalue weighted by Crippen LogP contribution is 2.28. The second kappa shape index (κ2) is 8.29. The number of aliphatic hydroxyl groups is 1. The number of aromatic nitrogens is 4. The fourth-order valence-corrected chi connectivity index (χ4v) is 3.18. The van der Waals surface area contributed by atoms with Crippen LogP contribution in [-0.4, -0.2) is 51.2 Å². The molecule has 9 heteroatoms. The molecule has 0 saturated carbocycles. The molecule has 0 amide bonds. The molecule has 0 bridgehead atoms. The number of aliphatic hydroxyl groups excluding tert-OH is 1. The minimum absolute atomic E-state index is 0.194. The Morgan fingerprint density at radius 1 is 1.27 bits per heavy atom. The van der Waals surface area contributed by atoms with Crippen LogP contribution in [0, 0.1) is 23.2 Å². The van der Waals surface area contributed by atoms with Crippen molar-refractivity contribution in [3.05, 3.63) is 53.3 Å². The second-order valence-corrected chi connectivity index (χ2v) is 6.76. The van der Waals surface area contributed by atoms with E-state index in [0.29, 0.717) is 36.6 Å². The minimum atomic E-state index is -0.633. The number of ether oxygens (including phenoxy) is 1. The molecule has 3 aromatic rings. The first-order valence-corrected chi connectivity index (χ1v) is 9.26. The highest BCUT2D eigenvalue weighted by molar-refractivity contribution is 5.51. The van der Waals surface area contributed by atoms with Gasteiger partial charge in [0.25, 0.3) is 5.89 Å². The predicted molar refractivity (Wildman–Crippen MR) is 106 cm³/mol. The summed E-state index contributed by atoms with van der Waals surface area (Å²) in [7, 11) is 1.65. The molecule has 1 atom stereocenters. The molecule has 0 radical (unpaired) electrons. The maximum Gasteiger partial charge on any atom is 0.278 e. The van der Waals surface area contributed by atoms with Gasteiger partial charge in [0.05, 0.1) is 18.2 Å². The fraction of sp³-hybridized carbons (Fsp3) is 0.286. The van der Waals surface area contributed by atoms with Crippen LogP contribution in [0.3, 0.4) is 0 Å². The third-order valence-electron chi connectivity index (χ3n) is 4.85. The Kier molecular flexibility index (Phi) is 5.40. The smallest absolute Gasteiger partial charge is 0.278 e. The molecule has 0 aliphatic carbocycles. The standard InChI is InChI=1S/C21H18N6O3/c1-29-21(8-7-15-3-2-4-16(11-15)12-22)9-10-27(14-21)19-6-5-17(24-25-19)20-23-18(13-28)26-30-20/h2-6,11,28H,9-10,13-14H2,1H3. The molecule has 1 N–H and O–H groups in total. The summed E-state index contributed by atoms with van der Waals surface area (Å²) in [6, 6.07) is 12.9. The SMILES string of the molecule is COC1(C#Cc2cccc(C#N)c2)CCN(c2ccc(-c3nc(CO)no3)nn2)C1. The van der Waals surface area contributed by atoms with Gasteiger partial charge in [-0.1, -0.05) is 23.1 Å². The summed E-state index contributed by atoms with van der Waals surface area (Å²) in [5.74, 6) is 7.44. The lowest BCUT2D eigenvalue weighted by molar-refractivity contribution is 0.0602. The van der Waals surface area contributed by atoms with Crippen LogP contribution in [0.5, 0.6) is 0 Å². The molecule has 0 spiro atoms. The van der Waals surface area contributed by atoms with Crippen molar-refractivity contribution in [2.75, 3.05) is 25.1 Å². The lowest BCUT2D eigenvalue weighted by Crippen LogP contribution is -2.34. The molecule has 30 heavy (non-hydrogen) atoms. The van der Waals surface area contributed by atoms with Crippen molar-refractivity contribution in [2.45, 2.75) is 18.6 Å². The largest absolute Gasteiger partial charge is 0.388 e. The molecule has 9 nitrogen and oxygen atoms in total. The van der Waals surface area contributed by atoms with E-state index < -0.39 is 5.60 Å². The summed E-state index contributed by atoms with van der Waals surface area (Å²) in [5.41, 5.74) is 1.14. The van der Waals surface area contributed by atoms with Gasteiger partial charge in [0.2, 0.25) is 0 Å². The van der Waals surface area contributed by atoms with Crippen molar-refractivity contribution < 1.29 is 14.4 Å². The number of nitrogens with zero attached hydrogens (tertiary/aromatic N) is 6. The van der Waals surface area contributed by atoms with Crippen molar-refractivity contribution in [1.82, 2.24) is 20.3 Å². The summed E-state index contributed by atoms with van der Waals surface area (Å²) in [6.45, 7) is 0.950. The Morgan fingerprint density at radius 3 is 2.83 bits per heavy atom. The first kappa shape index (κ1) is 19.5. The van der Waals surface area contributed by atoms with Crippen molar-refractivity contribution in [3.8, 4) is 29.5 Å². The highest BCUT2D eigenvalue weighted by atomic mass is 16.5. The molecular weight excluding hydrogens is 384 g/mol. The predicted octanol–water partition coefficient (Wildman–Crippen LogP) is 1.54. The van der Waals surface area contributed by atoms with E-state index in [-0.39, 0.29) is 18.3 Å². The number of methoxy groups -OCH3 is 1. The Bertz CT molecular complexity index is 1140. The van der Waals surface area contributed by atoms with Gasteiger partial charge in [-0.25, -0.2) is 0 Å². The average Bonchev–Trinajstić information content (AvgIpc) is 3.46. The molecule has 1 aliphatic rings. The van der Waals surface area contributed by atoms with Gasteiger partial charge in [0, 0.05) is 25.6 Å². The summed E-state index contributed by atoms with van der Waals surface area (Å²) >= 11 is 0. The lowest BCUT2D eigenvalue weighted by atomic mass is 10.0. The molecular formula is C21H18N6O3. The van der Waals surface area contributed by atoms with Gasteiger partial charge in [-0.2, -0.15) is 10.2 Å². The Hall–Kier alpha value is -3.79. The van der Waals surface area contributed by atoms with Crippen LogP contribution in [0.15, 0.2) is 40.9 Å². The Morgan fingerprint density at radius 2 is 2.13 bits per heavy atom. The van der Waals surface area contributed by atoms with E-state index in [9.17, 15) is 0 Å². The van der Waals surface area contributed by atoms with Gasteiger partial charge in [0.1, 0.15) is 12.2 Å². The molecule has 1 aromatic carbocycles. The fourth-order valence-electron chi connectivity index (χ4n) is 3.18. The van der Waals surface area contributed by atoms with Crippen molar-refractivity contribution in [2.24, 2.45) is 0 Å². The molecule has 4 rings (SSSR count). The van der Waals surface area contributed by atoms with E-state index >= 15 is 0 Å². The summed E-state index contributed by atoms with van der Waals surface area (Å²) in [5, 5.41) is 30.1. The molecule has 150 valence electrons. The minimum Gasteiger partial charge on any atom is -0.388 e. The molecule has 1 aliphatic heterocycles. The number of rotatable bonds is 4. The molecule has 1 unspecified atom stereocenters. The number of anilines is 1. The number of benzene rings is 1. The molecule has 1 fully saturated rings. The second-order valence-electron chi connectivity index (χ2n) is 6.76. The van der Waals surface area contributed by atoms with Crippen molar-refractivity contribution in [1.29, 1.82) is 5.26 Å². The number of hydrogen-bond acceptors (Lipinski definition) is 9. The van der Waals surface area contributed by atoms with E-state index in [1.165, 1.54) is 0 Å². The van der Waals surface area contributed by atoms with Gasteiger partial charge in [-0.05, 0) is 30.3 Å². The Labute approximate surface area is 172 Å². The van der Waals surface area contributed by atoms with E-state index in [4.69, 9.17) is 19.6 Å². The van der Waals surface area contributed by atoms with E-state index in [1.807, 2.05) is 23.1 Å². The lowest BCUT2D eigenvalue weighted by Gasteiger charge is -2.22. The Balaban J connectivity index is 1.50. The van der Waals surface area contributed by atoms with Crippen LogP contribution in [0.2, 0.25) is 0 Å². The van der Waals surface area contributed by atoms with Crippen LogP contribution < -0.4 is 4.90 Å². The van der Waals surface area contributed by atoms with Gasteiger partial charge in [-0.15, -0.1) is 10.2 Å². The van der Waals surface area contributed by atoms with Crippen LogP contribution >= 0.6 is 0 Å². The van der Waals surface area contributed by atoms with Crippen LogP contribution in [0.4, 0.5) is 5.82 Å². The number of hydrogen-bond donors (Lipinski definition) is 1. The highest BCUT2D eigenvalue weighted by Gasteiger charge is 2.37. The van der Waals surface area contributed by atoms with Gasteiger partial charge in [-0.3, -0.25) is 0 Å². The summed E-state index contributed by atoms with van der Waals surface area (Å²) in [6.07, 6.45) is 0.710. The zero-order valence-corrected chi connectivity index (χ0v) is 16.2. The monoisotopic (exact) mass is 402 g/mol. The van der Waals surface area contributed by atoms with Crippen molar-refractivity contribution in [3.63, 3.8) is 0 Å². The third-order valence-corrected chi connectivity index (χ3v) is 4.85. The van der Waals surface area contributed by atoms with Crippen LogP contribution in [0.25, 0.3) is 11.6 Å². The molecule has 3 heterocycles. The van der Waals surface area contributed by atoms with E-state index in [2.05, 4.69) is 38.2 Å². The topological polar surface area (TPSA) is 121 Å². The molecule has 1 saturated heterocycles. The normalized spacial score (nSPS) is 18.0. The first-order valence-electron chi connectivity index (χ1n) is 9.26. The summed E-state index contributed by atoms with van der Waals surface area (Å²) < 4.78 is 10.8. The van der Waals surface area contributed by atoms with Crippen molar-refractivity contribution >= 4 is 5.82 Å². The van der Waals surface area contributed by atoms with Crippen LogP contribution in [-0.2, 0) is 11.3 Å². The van der Waals surface area contributed by atoms with E-state index in [0.717, 1.165) is 5.56 Å². The van der Waals surface area contributed by atoms with Gasteiger partial charge in [0.15, 0.2) is 17.3 Å². The zero-order valence-electron chi connectivity index (χ0n) is 16.2.